The molecule has 0 aromatic heterocycles. The Morgan fingerprint density at radius 1 is 1.00 bits per heavy atom. The molecule has 2 rings (SSSR count). The number of rotatable bonds is 4. The molecule has 6 heteroatoms. The van der Waals surface area contributed by atoms with E-state index in [9.17, 15) is 17.6 Å². The van der Waals surface area contributed by atoms with Gasteiger partial charge >= 0.3 is 6.36 Å². The quantitative estimate of drug-likeness (QED) is 0.869. The molecule has 0 aliphatic carbocycles. The molecule has 0 fully saturated rings. The Balaban J connectivity index is 2.34. The lowest BCUT2D eigenvalue weighted by Crippen LogP contribution is -2.17. The van der Waals surface area contributed by atoms with Gasteiger partial charge in [-0.05, 0) is 53.9 Å². The molecule has 0 radical (unpaired) electrons. The molecular weight excluding hydrogens is 286 g/mol. The summed E-state index contributed by atoms with van der Waals surface area (Å²) in [6, 6.07) is 9.90. The minimum absolute atomic E-state index is 0.289. The van der Waals surface area contributed by atoms with Crippen LogP contribution >= 0.6 is 0 Å². The van der Waals surface area contributed by atoms with Crippen molar-refractivity contribution in [3.05, 3.63) is 53.8 Å². The Bertz CT molecular complexity index is 625. The smallest absolute Gasteiger partial charge is 0.406 e. The normalized spacial score (nSPS) is 11.5. The Hall–Kier alpha value is -2.08. The summed E-state index contributed by atoms with van der Waals surface area (Å²) < 4.78 is 54.0. The third kappa shape index (κ3) is 4.19. The van der Waals surface area contributed by atoms with E-state index in [1.807, 2.05) is 0 Å². The van der Waals surface area contributed by atoms with E-state index in [1.165, 1.54) is 30.3 Å². The van der Waals surface area contributed by atoms with E-state index >= 15 is 0 Å². The second-order valence-electron chi connectivity index (χ2n) is 4.42. The molecule has 0 spiro atoms. The van der Waals surface area contributed by atoms with Gasteiger partial charge in [0, 0.05) is 0 Å². The fraction of sp³-hybridized carbons (Fsp3) is 0.200. The van der Waals surface area contributed by atoms with E-state index in [0.29, 0.717) is 23.1 Å². The number of halogens is 4. The number of nitrogens with two attached hydrogens (primary N) is 1. The monoisotopic (exact) mass is 299 g/mol. The molecule has 0 atom stereocenters. The van der Waals surface area contributed by atoms with Crippen molar-refractivity contribution < 1.29 is 22.3 Å². The maximum Gasteiger partial charge on any atom is 0.573 e. The van der Waals surface area contributed by atoms with E-state index < -0.39 is 6.36 Å². The molecule has 0 aliphatic heterocycles. The lowest BCUT2D eigenvalue weighted by Gasteiger charge is -2.11. The van der Waals surface area contributed by atoms with Crippen LogP contribution in [0.25, 0.3) is 11.1 Å². The van der Waals surface area contributed by atoms with Gasteiger partial charge in [0.1, 0.15) is 11.6 Å². The van der Waals surface area contributed by atoms with Gasteiger partial charge in [0.05, 0.1) is 0 Å². The van der Waals surface area contributed by atoms with Crippen molar-refractivity contribution in [1.29, 1.82) is 0 Å². The molecule has 21 heavy (non-hydrogen) atoms. The van der Waals surface area contributed by atoms with Crippen LogP contribution in [0, 0.1) is 5.82 Å². The summed E-state index contributed by atoms with van der Waals surface area (Å²) in [4.78, 5) is 0. The lowest BCUT2D eigenvalue weighted by molar-refractivity contribution is -0.274. The number of hydrogen-bond donors (Lipinski definition) is 1. The van der Waals surface area contributed by atoms with Crippen molar-refractivity contribution in [2.75, 3.05) is 6.54 Å². The standard InChI is InChI=1S/C15H13F4NO/c16-14-5-4-11(8-12(14)6-7-20)10-2-1-3-13(9-10)21-15(17,18)19/h1-5,8-9H,6-7,20H2. The second-order valence-corrected chi connectivity index (χ2v) is 4.42. The number of alkyl halides is 3. The molecular formula is C15H13F4NO. The zero-order valence-electron chi connectivity index (χ0n) is 11.0. The van der Waals surface area contributed by atoms with Crippen LogP contribution in [-0.4, -0.2) is 12.9 Å². The Kier molecular flexibility index (Phi) is 4.47. The first-order chi connectivity index (χ1) is 9.89. The van der Waals surface area contributed by atoms with Crippen molar-refractivity contribution in [3.63, 3.8) is 0 Å². The van der Waals surface area contributed by atoms with Gasteiger partial charge in [-0.2, -0.15) is 0 Å². The van der Waals surface area contributed by atoms with E-state index in [0.717, 1.165) is 0 Å². The molecule has 112 valence electrons. The van der Waals surface area contributed by atoms with Gasteiger partial charge < -0.3 is 10.5 Å². The molecule has 0 aliphatic rings. The SMILES string of the molecule is NCCc1cc(-c2cccc(OC(F)(F)F)c2)ccc1F. The molecule has 2 N–H and O–H groups in total. The van der Waals surface area contributed by atoms with Gasteiger partial charge in [0.15, 0.2) is 0 Å². The zero-order chi connectivity index (χ0) is 15.5. The highest BCUT2D eigenvalue weighted by molar-refractivity contribution is 5.66. The largest absolute Gasteiger partial charge is 0.573 e. The third-order valence-corrected chi connectivity index (χ3v) is 2.86. The Labute approximate surface area is 119 Å². The third-order valence-electron chi connectivity index (χ3n) is 2.86. The fourth-order valence-electron chi connectivity index (χ4n) is 1.97. The zero-order valence-corrected chi connectivity index (χ0v) is 11.0. The lowest BCUT2D eigenvalue weighted by atomic mass is 10.0. The van der Waals surface area contributed by atoms with Crippen LogP contribution in [-0.2, 0) is 6.42 Å². The molecule has 2 aromatic rings. The van der Waals surface area contributed by atoms with Gasteiger partial charge in [-0.15, -0.1) is 13.2 Å². The van der Waals surface area contributed by atoms with Gasteiger partial charge in [0.2, 0.25) is 0 Å². The average molecular weight is 299 g/mol. The minimum Gasteiger partial charge on any atom is -0.406 e. The highest BCUT2D eigenvalue weighted by Crippen LogP contribution is 2.29. The summed E-state index contributed by atoms with van der Waals surface area (Å²) in [6.07, 6.45) is -4.38. The van der Waals surface area contributed by atoms with Crippen LogP contribution in [0.2, 0.25) is 0 Å². The molecule has 0 bridgehead atoms. The highest BCUT2D eigenvalue weighted by atomic mass is 19.4. The average Bonchev–Trinajstić information content (AvgIpc) is 2.40. The summed E-state index contributed by atoms with van der Waals surface area (Å²) in [5.74, 6) is -0.698. The van der Waals surface area contributed by atoms with Crippen molar-refractivity contribution in [3.8, 4) is 16.9 Å². The summed E-state index contributed by atoms with van der Waals surface area (Å²) in [6.45, 7) is 0.289. The van der Waals surface area contributed by atoms with Crippen molar-refractivity contribution in [2.45, 2.75) is 12.8 Å². The van der Waals surface area contributed by atoms with Gasteiger partial charge in [-0.3, -0.25) is 0 Å². The first-order valence-electron chi connectivity index (χ1n) is 6.24. The molecule has 2 aromatic carbocycles. The van der Waals surface area contributed by atoms with Crippen LogP contribution in [0.1, 0.15) is 5.56 Å². The number of benzene rings is 2. The highest BCUT2D eigenvalue weighted by Gasteiger charge is 2.31. The van der Waals surface area contributed by atoms with E-state index in [2.05, 4.69) is 4.74 Å². The first-order valence-corrected chi connectivity index (χ1v) is 6.24. The van der Waals surface area contributed by atoms with Gasteiger partial charge in [-0.1, -0.05) is 18.2 Å². The molecule has 0 unspecified atom stereocenters. The van der Waals surface area contributed by atoms with E-state index in [4.69, 9.17) is 5.73 Å². The van der Waals surface area contributed by atoms with E-state index in [1.54, 1.807) is 12.1 Å². The topological polar surface area (TPSA) is 35.2 Å². The minimum atomic E-state index is -4.74. The molecule has 0 amide bonds. The van der Waals surface area contributed by atoms with Crippen LogP contribution in [0.5, 0.6) is 5.75 Å². The first kappa shape index (κ1) is 15.3. The maximum absolute atomic E-state index is 13.5. The molecule has 2 nitrogen and oxygen atoms in total. The summed E-state index contributed by atoms with van der Waals surface area (Å²) in [5.41, 5.74) is 6.94. The second kappa shape index (κ2) is 6.13. The van der Waals surface area contributed by atoms with Crippen molar-refractivity contribution in [2.24, 2.45) is 5.73 Å². The van der Waals surface area contributed by atoms with Crippen LogP contribution < -0.4 is 10.5 Å². The van der Waals surface area contributed by atoms with E-state index in [-0.39, 0.29) is 18.1 Å². The summed E-state index contributed by atoms with van der Waals surface area (Å²) in [5, 5.41) is 0. The maximum atomic E-state index is 13.5. The van der Waals surface area contributed by atoms with Crippen molar-refractivity contribution >= 4 is 0 Å². The predicted octanol–water partition coefficient (Wildman–Crippen LogP) is 3.89. The van der Waals surface area contributed by atoms with Crippen LogP contribution in [0.4, 0.5) is 17.6 Å². The summed E-state index contributed by atoms with van der Waals surface area (Å²) >= 11 is 0. The summed E-state index contributed by atoms with van der Waals surface area (Å²) in [7, 11) is 0. The fourth-order valence-corrected chi connectivity index (χ4v) is 1.97. The van der Waals surface area contributed by atoms with Crippen LogP contribution in [0.3, 0.4) is 0 Å². The molecule has 0 saturated carbocycles. The molecule has 0 saturated heterocycles. The number of ether oxygens (including phenoxy) is 1. The van der Waals surface area contributed by atoms with Crippen molar-refractivity contribution in [1.82, 2.24) is 0 Å². The Morgan fingerprint density at radius 2 is 1.71 bits per heavy atom. The van der Waals surface area contributed by atoms with Gasteiger partial charge in [0.25, 0.3) is 0 Å². The molecule has 0 heterocycles. The number of hydrogen-bond acceptors (Lipinski definition) is 2. The van der Waals surface area contributed by atoms with Crippen LogP contribution in [0.15, 0.2) is 42.5 Å². The predicted molar refractivity (Wildman–Crippen MR) is 71.3 cm³/mol. The van der Waals surface area contributed by atoms with Gasteiger partial charge in [-0.25, -0.2) is 4.39 Å². The Morgan fingerprint density at radius 3 is 2.38 bits per heavy atom.